The van der Waals surface area contributed by atoms with Crippen LogP contribution >= 0.6 is 0 Å². The number of anilines is 1. The molecular formula is C26H21FN2O3. The van der Waals surface area contributed by atoms with Crippen LogP contribution in [-0.2, 0) is 4.79 Å². The molecule has 0 amide bonds. The van der Waals surface area contributed by atoms with Crippen LogP contribution in [0.4, 0.5) is 10.1 Å². The summed E-state index contributed by atoms with van der Waals surface area (Å²) in [6, 6.07) is 20.6. The first-order valence-electron chi connectivity index (χ1n) is 10.1. The molecule has 160 valence electrons. The minimum Gasteiger partial charge on any atom is -0.478 e. The highest BCUT2D eigenvalue weighted by atomic mass is 19.1. The van der Waals surface area contributed by atoms with Crippen LogP contribution in [0.2, 0.25) is 0 Å². The van der Waals surface area contributed by atoms with Gasteiger partial charge < -0.3 is 10.4 Å². The van der Waals surface area contributed by atoms with E-state index in [2.05, 4.69) is 10.3 Å². The number of nitrogens with zero attached hydrogens (tertiary/aromatic N) is 1. The first-order valence-corrected chi connectivity index (χ1v) is 10.1. The van der Waals surface area contributed by atoms with Gasteiger partial charge in [0.05, 0.1) is 28.5 Å². The first kappa shape index (κ1) is 21.2. The number of carboxylic acid groups (broad SMARTS) is 1. The Labute approximate surface area is 184 Å². The van der Waals surface area contributed by atoms with Crippen molar-refractivity contribution in [2.75, 3.05) is 5.32 Å². The van der Waals surface area contributed by atoms with Crippen molar-refractivity contribution < 1.29 is 19.1 Å². The molecule has 0 saturated heterocycles. The van der Waals surface area contributed by atoms with Crippen molar-refractivity contribution in [1.29, 1.82) is 0 Å². The number of carbonyl (C=O) groups excluding carboxylic acids is 1. The van der Waals surface area contributed by atoms with Gasteiger partial charge in [0.1, 0.15) is 5.82 Å². The van der Waals surface area contributed by atoms with Crippen LogP contribution in [-0.4, -0.2) is 27.9 Å². The molecule has 1 aromatic heterocycles. The van der Waals surface area contributed by atoms with Crippen molar-refractivity contribution in [3.63, 3.8) is 0 Å². The fourth-order valence-corrected chi connectivity index (χ4v) is 3.58. The summed E-state index contributed by atoms with van der Waals surface area (Å²) in [5.41, 5.74) is 3.53. The Morgan fingerprint density at radius 3 is 2.19 bits per heavy atom. The van der Waals surface area contributed by atoms with E-state index in [0.717, 1.165) is 17.2 Å². The summed E-state index contributed by atoms with van der Waals surface area (Å²) < 4.78 is 13.9. The number of pyridine rings is 1. The molecule has 1 heterocycles. The van der Waals surface area contributed by atoms with E-state index in [4.69, 9.17) is 0 Å². The van der Waals surface area contributed by atoms with E-state index in [-0.39, 0.29) is 22.4 Å². The highest BCUT2D eigenvalue weighted by molar-refractivity contribution is 6.11. The van der Waals surface area contributed by atoms with Crippen LogP contribution in [0.3, 0.4) is 0 Å². The van der Waals surface area contributed by atoms with Gasteiger partial charge in [-0.2, -0.15) is 0 Å². The third kappa shape index (κ3) is 4.07. The molecule has 0 saturated carbocycles. The topological polar surface area (TPSA) is 79.3 Å². The van der Waals surface area contributed by atoms with Gasteiger partial charge in [0.2, 0.25) is 0 Å². The molecule has 0 aliphatic carbocycles. The van der Waals surface area contributed by atoms with Gasteiger partial charge in [0, 0.05) is 10.9 Å². The zero-order valence-electron chi connectivity index (χ0n) is 17.6. The van der Waals surface area contributed by atoms with Crippen LogP contribution in [0.1, 0.15) is 24.2 Å². The second-order valence-corrected chi connectivity index (χ2v) is 7.60. The van der Waals surface area contributed by atoms with Crippen LogP contribution in [0.25, 0.3) is 33.3 Å². The summed E-state index contributed by atoms with van der Waals surface area (Å²) >= 11 is 0. The van der Waals surface area contributed by atoms with Crippen LogP contribution in [0, 0.1) is 5.82 Å². The molecule has 6 heteroatoms. The molecule has 0 aliphatic rings. The van der Waals surface area contributed by atoms with E-state index < -0.39 is 17.8 Å². The minimum absolute atomic E-state index is 0.121. The molecule has 1 unspecified atom stereocenters. The zero-order valence-corrected chi connectivity index (χ0v) is 17.6. The smallest absolute Gasteiger partial charge is 0.338 e. The maximum Gasteiger partial charge on any atom is 0.338 e. The number of halogens is 1. The molecule has 32 heavy (non-hydrogen) atoms. The number of ketones is 1. The average Bonchev–Trinajstić information content (AvgIpc) is 2.79. The average molecular weight is 428 g/mol. The molecule has 2 N–H and O–H groups in total. The normalized spacial score (nSPS) is 11.8. The molecule has 0 radical (unpaired) electrons. The van der Waals surface area contributed by atoms with Crippen LogP contribution < -0.4 is 5.32 Å². The summed E-state index contributed by atoms with van der Waals surface area (Å²) in [7, 11) is 0. The Morgan fingerprint density at radius 2 is 1.56 bits per heavy atom. The molecule has 0 aliphatic heterocycles. The maximum absolute atomic E-state index is 13.9. The molecular weight excluding hydrogens is 407 g/mol. The molecule has 0 fully saturated rings. The fourth-order valence-electron chi connectivity index (χ4n) is 3.58. The SMILES string of the molecule is CC(=O)C(C)Nc1c(-c2ccc(-c3ccccc3)cc2)nc2ccc(F)cc2c1C(=O)O. The van der Waals surface area contributed by atoms with Gasteiger partial charge in [-0.05, 0) is 43.2 Å². The van der Waals surface area contributed by atoms with Crippen molar-refractivity contribution in [3.05, 3.63) is 84.2 Å². The maximum atomic E-state index is 13.9. The zero-order chi connectivity index (χ0) is 22.8. The monoisotopic (exact) mass is 428 g/mol. The molecule has 4 rings (SSSR count). The Hall–Kier alpha value is -4.06. The van der Waals surface area contributed by atoms with Gasteiger partial charge in [-0.15, -0.1) is 0 Å². The largest absolute Gasteiger partial charge is 0.478 e. The highest BCUT2D eigenvalue weighted by Crippen LogP contribution is 2.36. The summed E-state index contributed by atoms with van der Waals surface area (Å²) in [5.74, 6) is -1.96. The lowest BCUT2D eigenvalue weighted by atomic mass is 9.98. The summed E-state index contributed by atoms with van der Waals surface area (Å²) in [6.07, 6.45) is 0. The Balaban J connectivity index is 1.94. The number of carbonyl (C=O) groups is 2. The predicted octanol–water partition coefficient (Wildman–Crippen LogP) is 5.80. The van der Waals surface area contributed by atoms with Crippen molar-refractivity contribution in [3.8, 4) is 22.4 Å². The second kappa shape index (κ2) is 8.59. The van der Waals surface area contributed by atoms with Crippen molar-refractivity contribution >= 4 is 28.3 Å². The Bertz CT molecular complexity index is 1320. The number of hydrogen-bond donors (Lipinski definition) is 2. The third-order valence-corrected chi connectivity index (χ3v) is 5.40. The van der Waals surface area contributed by atoms with Gasteiger partial charge in [-0.25, -0.2) is 14.2 Å². The number of Topliss-reactive ketones (excluding diaryl/α,β-unsaturated/α-hetero) is 1. The van der Waals surface area contributed by atoms with Gasteiger partial charge >= 0.3 is 5.97 Å². The molecule has 5 nitrogen and oxygen atoms in total. The van der Waals surface area contributed by atoms with Crippen molar-refractivity contribution in [2.45, 2.75) is 19.9 Å². The number of carboxylic acids is 1. The number of aromatic carboxylic acids is 1. The number of benzene rings is 3. The Morgan fingerprint density at radius 1 is 0.938 bits per heavy atom. The predicted molar refractivity (Wildman–Crippen MR) is 123 cm³/mol. The van der Waals surface area contributed by atoms with E-state index in [1.807, 2.05) is 54.6 Å². The number of nitrogens with one attached hydrogen (secondary N) is 1. The molecule has 4 aromatic rings. The summed E-state index contributed by atoms with van der Waals surface area (Å²) in [6.45, 7) is 3.06. The number of rotatable bonds is 6. The first-order chi connectivity index (χ1) is 15.3. The fraction of sp³-hybridized carbons (Fsp3) is 0.115. The van der Waals surface area contributed by atoms with E-state index in [9.17, 15) is 19.1 Å². The van der Waals surface area contributed by atoms with Gasteiger partial charge in [-0.3, -0.25) is 4.79 Å². The number of aromatic nitrogens is 1. The summed E-state index contributed by atoms with van der Waals surface area (Å²) in [4.78, 5) is 28.8. The third-order valence-electron chi connectivity index (χ3n) is 5.40. The van der Waals surface area contributed by atoms with Gasteiger partial charge in [-0.1, -0.05) is 54.6 Å². The number of fused-ring (bicyclic) bond motifs is 1. The molecule has 1 atom stereocenters. The summed E-state index contributed by atoms with van der Waals surface area (Å²) in [5, 5.41) is 13.2. The quantitative estimate of drug-likeness (QED) is 0.406. The molecule has 0 bridgehead atoms. The van der Waals surface area contributed by atoms with Gasteiger partial charge in [0.15, 0.2) is 5.78 Å². The van der Waals surface area contributed by atoms with Crippen LogP contribution in [0.15, 0.2) is 72.8 Å². The minimum atomic E-state index is -1.23. The van der Waals surface area contributed by atoms with E-state index in [0.29, 0.717) is 16.8 Å². The number of hydrogen-bond acceptors (Lipinski definition) is 4. The van der Waals surface area contributed by atoms with Crippen molar-refractivity contribution in [1.82, 2.24) is 4.98 Å². The lowest BCUT2D eigenvalue weighted by Gasteiger charge is -2.20. The standard InChI is InChI=1S/C26H21FN2O3/c1-15(16(2)30)28-25-23(26(31)32)21-14-20(27)12-13-22(21)29-24(25)19-10-8-18(9-11-19)17-6-4-3-5-7-17/h3-15,28H,1-2H3,(H,31,32). The highest BCUT2D eigenvalue weighted by Gasteiger charge is 2.24. The van der Waals surface area contributed by atoms with Gasteiger partial charge in [0.25, 0.3) is 0 Å². The second-order valence-electron chi connectivity index (χ2n) is 7.60. The van der Waals surface area contributed by atoms with E-state index in [1.165, 1.54) is 19.1 Å². The molecule has 0 spiro atoms. The van der Waals surface area contributed by atoms with Crippen molar-refractivity contribution in [2.24, 2.45) is 0 Å². The van der Waals surface area contributed by atoms with Crippen LogP contribution in [0.5, 0.6) is 0 Å². The lowest BCUT2D eigenvalue weighted by molar-refractivity contribution is -0.117. The van der Waals surface area contributed by atoms with E-state index >= 15 is 0 Å². The lowest BCUT2D eigenvalue weighted by Crippen LogP contribution is -2.25. The molecule has 3 aromatic carbocycles. The van der Waals surface area contributed by atoms with E-state index in [1.54, 1.807) is 6.92 Å². The Kier molecular flexibility index (Phi) is 5.69.